The lowest BCUT2D eigenvalue weighted by molar-refractivity contribution is 0.590. The quantitative estimate of drug-likeness (QED) is 0.161. The van der Waals surface area contributed by atoms with Crippen LogP contribution in [0, 0.1) is 0 Å². The lowest BCUT2D eigenvalue weighted by Gasteiger charge is -2.37. The molecule has 0 saturated heterocycles. The van der Waals surface area contributed by atoms with Gasteiger partial charge in [0.05, 0.1) is 22.8 Å². The molecule has 2 N–H and O–H groups in total. The van der Waals surface area contributed by atoms with E-state index < -0.39 is 11.1 Å². The molecule has 0 fully saturated rings. The first-order valence-corrected chi connectivity index (χ1v) is 21.2. The number of nitrogens with zero attached hydrogens (tertiary/aromatic N) is 2. The third-order valence-corrected chi connectivity index (χ3v) is 13.1. The summed E-state index contributed by atoms with van der Waals surface area (Å²) in [4.78, 5) is 11.6. The second kappa shape index (κ2) is 12.9. The van der Waals surface area contributed by atoms with Crippen LogP contribution < -0.4 is 10.6 Å². The molecule has 6 aromatic carbocycles. The molecule has 4 bridgehead atoms. The van der Waals surface area contributed by atoms with Crippen molar-refractivity contribution in [3.8, 4) is 44.8 Å². The maximum Gasteiger partial charge on any atom is 0.132 e. The molecule has 4 nitrogen and oxygen atoms in total. The van der Waals surface area contributed by atoms with Crippen LogP contribution in [-0.2, 0) is 21.9 Å². The van der Waals surface area contributed by atoms with Crippen LogP contribution in [0.25, 0.3) is 44.8 Å². The number of rotatable bonds is 0. The average molecular weight is 777 g/mol. The number of hydrogen-bond donors (Lipinski definition) is 2. The van der Waals surface area contributed by atoms with Crippen LogP contribution in [0.2, 0.25) is 0 Å². The summed E-state index contributed by atoms with van der Waals surface area (Å²) in [5.74, 6) is 0. The topological polar surface area (TPSA) is 49.8 Å². The largest absolute Gasteiger partial charge is 0.366 e. The fourth-order valence-electron chi connectivity index (χ4n) is 10.1. The molecule has 2 aliphatic carbocycles. The molecule has 3 heterocycles. The maximum atomic E-state index is 5.80. The number of nitrogens with one attached hydrogen (secondary N) is 2. The molecular formula is C56H48N4. The maximum absolute atomic E-state index is 5.80. The van der Waals surface area contributed by atoms with E-state index in [2.05, 4.69) is 222 Å². The van der Waals surface area contributed by atoms with E-state index in [1.807, 2.05) is 0 Å². The van der Waals surface area contributed by atoms with E-state index in [1.165, 1.54) is 55.6 Å². The molecule has 2 spiro atoms. The minimum atomic E-state index is -0.817. The predicted molar refractivity (Wildman–Crippen MR) is 248 cm³/mol. The zero-order chi connectivity index (χ0) is 41.0. The molecule has 292 valence electrons. The third kappa shape index (κ3) is 5.23. The Hall–Kier alpha value is -6.78. The molecule has 4 heteroatoms. The van der Waals surface area contributed by atoms with Gasteiger partial charge in [-0.1, -0.05) is 163 Å². The fraction of sp³-hybridized carbons (Fsp3) is 0.179. The van der Waals surface area contributed by atoms with E-state index >= 15 is 0 Å². The molecular weight excluding hydrogens is 729 g/mol. The SMILES string of the molecule is CC(C)(C)c1ccc2c(c1)-c1cccc(n1)C1(Nc3ccc(C(C)(C)C)cc3-c3cccc(n3)C3(N2)c2ccccc2-c2ccccc23)c2ccccc2-c2ccccc21. The number of pyridine rings is 2. The van der Waals surface area contributed by atoms with Crippen molar-refractivity contribution in [3.05, 3.63) is 215 Å². The second-order valence-corrected chi connectivity index (χ2v) is 18.8. The number of aromatic nitrogens is 2. The van der Waals surface area contributed by atoms with Gasteiger partial charge in [-0.15, -0.1) is 0 Å². The van der Waals surface area contributed by atoms with Gasteiger partial charge in [-0.2, -0.15) is 0 Å². The van der Waals surface area contributed by atoms with Crippen molar-refractivity contribution in [2.75, 3.05) is 10.6 Å². The van der Waals surface area contributed by atoms with E-state index in [9.17, 15) is 0 Å². The number of hydrogen-bond acceptors (Lipinski definition) is 4. The summed E-state index contributed by atoms with van der Waals surface area (Å²) in [7, 11) is 0. The van der Waals surface area contributed by atoms with E-state index in [-0.39, 0.29) is 10.8 Å². The van der Waals surface area contributed by atoms with Crippen molar-refractivity contribution in [1.82, 2.24) is 9.97 Å². The first-order chi connectivity index (χ1) is 29.0. The average Bonchev–Trinajstić information content (AvgIpc) is 3.71. The smallest absolute Gasteiger partial charge is 0.132 e. The van der Waals surface area contributed by atoms with Crippen LogP contribution in [0.4, 0.5) is 11.4 Å². The molecule has 0 radical (unpaired) electrons. The monoisotopic (exact) mass is 776 g/mol. The van der Waals surface area contributed by atoms with Crippen molar-refractivity contribution >= 4 is 11.4 Å². The van der Waals surface area contributed by atoms with Gasteiger partial charge in [-0.3, -0.25) is 0 Å². The molecule has 0 amide bonds. The van der Waals surface area contributed by atoms with Crippen molar-refractivity contribution in [2.45, 2.75) is 63.5 Å². The van der Waals surface area contributed by atoms with E-state index in [1.54, 1.807) is 0 Å². The summed E-state index contributed by atoms with van der Waals surface area (Å²) in [5.41, 5.74) is 18.0. The van der Waals surface area contributed by atoms with Crippen LogP contribution in [-0.4, -0.2) is 9.97 Å². The molecule has 3 aliphatic rings. The summed E-state index contributed by atoms with van der Waals surface area (Å²) >= 11 is 0. The molecule has 8 aromatic rings. The van der Waals surface area contributed by atoms with E-state index in [0.29, 0.717) is 0 Å². The van der Waals surface area contributed by atoms with Gasteiger partial charge in [-0.25, -0.2) is 9.97 Å². The van der Waals surface area contributed by atoms with Gasteiger partial charge in [-0.05, 0) is 115 Å². The first-order valence-electron chi connectivity index (χ1n) is 21.2. The standard InChI is InChI=1S/C56H48N4/c1-53(2,3)35-29-31-49-41(33-35)47-25-15-27-51(57-47)56(45-23-13-9-19-39(45)40-20-10-14-24-46(40)56)60-50-32-30-36(54(4,5)6)34-42(50)48-26-16-28-52(58-48)55(59-49)43-21-11-7-17-37(43)38-18-8-12-22-44(38)55/h7-34,59-60H,1-6H3. The lowest BCUT2D eigenvalue weighted by atomic mass is 9.80. The van der Waals surface area contributed by atoms with Crippen LogP contribution in [0.5, 0.6) is 0 Å². The summed E-state index contributed by atoms with van der Waals surface area (Å²) in [6.45, 7) is 13.7. The van der Waals surface area contributed by atoms with Gasteiger partial charge in [0.25, 0.3) is 0 Å². The van der Waals surface area contributed by atoms with E-state index in [0.717, 1.165) is 45.3 Å². The van der Waals surface area contributed by atoms with Gasteiger partial charge in [0.2, 0.25) is 0 Å². The second-order valence-electron chi connectivity index (χ2n) is 18.8. The Balaban J connectivity index is 1.29. The van der Waals surface area contributed by atoms with Crippen LogP contribution in [0.15, 0.2) is 170 Å². The van der Waals surface area contributed by atoms with Crippen LogP contribution in [0.1, 0.15) is 86.3 Å². The normalized spacial score (nSPS) is 15.0. The zero-order valence-corrected chi connectivity index (χ0v) is 35.1. The Labute approximate surface area is 353 Å². The minimum Gasteiger partial charge on any atom is -0.366 e. The Morgan fingerprint density at radius 1 is 0.350 bits per heavy atom. The van der Waals surface area contributed by atoms with Crippen molar-refractivity contribution in [3.63, 3.8) is 0 Å². The van der Waals surface area contributed by atoms with Crippen molar-refractivity contribution in [2.24, 2.45) is 0 Å². The van der Waals surface area contributed by atoms with Gasteiger partial charge < -0.3 is 10.6 Å². The molecule has 2 aromatic heterocycles. The number of benzene rings is 6. The Morgan fingerprint density at radius 2 is 0.683 bits per heavy atom. The molecule has 60 heavy (non-hydrogen) atoms. The Kier molecular flexibility index (Phi) is 7.78. The lowest BCUT2D eigenvalue weighted by Crippen LogP contribution is -2.38. The predicted octanol–water partition coefficient (Wildman–Crippen LogP) is 13.5. The fourth-order valence-corrected chi connectivity index (χ4v) is 10.1. The Bertz CT molecular complexity index is 2740. The van der Waals surface area contributed by atoms with Crippen molar-refractivity contribution in [1.29, 1.82) is 0 Å². The summed E-state index contributed by atoms with van der Waals surface area (Å²) in [5, 5.41) is 8.54. The third-order valence-electron chi connectivity index (χ3n) is 13.1. The highest BCUT2D eigenvalue weighted by molar-refractivity contribution is 5.90. The summed E-state index contributed by atoms with van der Waals surface area (Å²) in [6, 6.07) is 62.2. The van der Waals surface area contributed by atoms with Gasteiger partial charge >= 0.3 is 0 Å². The van der Waals surface area contributed by atoms with Gasteiger partial charge in [0.1, 0.15) is 11.1 Å². The zero-order valence-electron chi connectivity index (χ0n) is 35.1. The van der Waals surface area contributed by atoms with Crippen LogP contribution >= 0.6 is 0 Å². The van der Waals surface area contributed by atoms with E-state index in [4.69, 9.17) is 9.97 Å². The van der Waals surface area contributed by atoms with Crippen molar-refractivity contribution < 1.29 is 0 Å². The van der Waals surface area contributed by atoms with Gasteiger partial charge in [0, 0.05) is 22.5 Å². The number of anilines is 2. The molecule has 1 aliphatic heterocycles. The molecule has 0 unspecified atom stereocenters. The first kappa shape index (κ1) is 36.3. The highest BCUT2D eigenvalue weighted by Crippen LogP contribution is 2.56. The highest BCUT2D eigenvalue weighted by atomic mass is 15.1. The molecule has 0 saturated carbocycles. The highest BCUT2D eigenvalue weighted by Gasteiger charge is 2.48. The summed E-state index contributed by atoms with van der Waals surface area (Å²) in [6.07, 6.45) is 0. The number of fused-ring (bicyclic) bond motifs is 20. The minimum absolute atomic E-state index is 0.0897. The Morgan fingerprint density at radius 3 is 1.02 bits per heavy atom. The molecule has 0 atom stereocenters. The van der Waals surface area contributed by atoms with Crippen LogP contribution in [0.3, 0.4) is 0 Å². The summed E-state index contributed by atoms with van der Waals surface area (Å²) < 4.78 is 0. The molecule has 11 rings (SSSR count). The van der Waals surface area contributed by atoms with Gasteiger partial charge in [0.15, 0.2) is 0 Å².